The van der Waals surface area contributed by atoms with Crippen LogP contribution in [0.4, 0.5) is 0 Å². The fourth-order valence-electron chi connectivity index (χ4n) is 2.42. The summed E-state index contributed by atoms with van der Waals surface area (Å²) in [4.78, 5) is 0. The van der Waals surface area contributed by atoms with E-state index in [0.717, 1.165) is 5.92 Å². The van der Waals surface area contributed by atoms with Gasteiger partial charge in [0.1, 0.15) is 6.10 Å². The molecule has 0 bridgehead atoms. The molecule has 0 aromatic carbocycles. The van der Waals surface area contributed by atoms with Gasteiger partial charge in [0.15, 0.2) is 0 Å². The van der Waals surface area contributed by atoms with Gasteiger partial charge in [-0.25, -0.2) is 0 Å². The minimum Gasteiger partial charge on any atom is -0.475 e. The van der Waals surface area contributed by atoms with Crippen molar-refractivity contribution in [3.8, 4) is 0 Å². The molecule has 0 aromatic heterocycles. The normalized spacial score (nSPS) is 31.7. The molecule has 1 saturated carbocycles. The second-order valence-electron chi connectivity index (χ2n) is 4.94. The topological polar surface area (TPSA) is 9.23 Å². The molecule has 1 aliphatic carbocycles. The van der Waals surface area contributed by atoms with Gasteiger partial charge in [0, 0.05) is 0 Å². The molecule has 0 amide bonds. The van der Waals surface area contributed by atoms with Gasteiger partial charge in [-0.3, -0.25) is 0 Å². The smallest absolute Gasteiger partial charge is 0.219 e. The number of thioether (sulfide) groups is 1. The molecule has 0 aromatic rings. The van der Waals surface area contributed by atoms with E-state index in [4.69, 9.17) is 17.0 Å². The van der Waals surface area contributed by atoms with Crippen molar-refractivity contribution in [3.63, 3.8) is 0 Å². The first-order valence-corrected chi connectivity index (χ1v) is 7.42. The second kappa shape index (κ2) is 6.09. The number of ether oxygens (including phenoxy) is 1. The van der Waals surface area contributed by atoms with E-state index in [9.17, 15) is 0 Å². The molecule has 1 aliphatic rings. The van der Waals surface area contributed by atoms with Crippen molar-refractivity contribution < 1.29 is 4.74 Å². The molecule has 0 unspecified atom stereocenters. The van der Waals surface area contributed by atoms with Crippen LogP contribution in [0.15, 0.2) is 0 Å². The molecule has 88 valence electrons. The maximum atomic E-state index is 5.88. The quantitative estimate of drug-likeness (QED) is 0.679. The lowest BCUT2D eigenvalue weighted by Crippen LogP contribution is -2.35. The molecule has 1 nitrogen and oxygen atoms in total. The summed E-state index contributed by atoms with van der Waals surface area (Å²) in [5.41, 5.74) is 0. The van der Waals surface area contributed by atoms with E-state index in [1.807, 2.05) is 6.26 Å². The number of rotatable bonds is 2. The summed E-state index contributed by atoms with van der Waals surface area (Å²) in [6.45, 7) is 6.90. The van der Waals surface area contributed by atoms with Gasteiger partial charge in [-0.1, -0.05) is 39.0 Å². The summed E-state index contributed by atoms with van der Waals surface area (Å²) < 4.78 is 6.59. The lowest BCUT2D eigenvalue weighted by atomic mass is 9.75. The highest BCUT2D eigenvalue weighted by Gasteiger charge is 2.32. The summed E-state index contributed by atoms with van der Waals surface area (Å²) in [6, 6.07) is 0. The molecular weight excluding hydrogens is 224 g/mol. The summed E-state index contributed by atoms with van der Waals surface area (Å²) in [6.07, 6.45) is 6.14. The monoisotopic (exact) mass is 246 g/mol. The van der Waals surface area contributed by atoms with Gasteiger partial charge in [-0.05, 0) is 49.1 Å². The fraction of sp³-hybridized carbons (Fsp3) is 0.917. The first kappa shape index (κ1) is 13.3. The van der Waals surface area contributed by atoms with Gasteiger partial charge in [0.25, 0.3) is 0 Å². The average Bonchev–Trinajstić information content (AvgIpc) is 2.17. The molecule has 0 saturated heterocycles. The van der Waals surface area contributed by atoms with Crippen LogP contribution < -0.4 is 0 Å². The van der Waals surface area contributed by atoms with E-state index in [-0.39, 0.29) is 0 Å². The first-order valence-electron chi connectivity index (χ1n) is 5.79. The van der Waals surface area contributed by atoms with Crippen LogP contribution in [0, 0.1) is 17.8 Å². The lowest BCUT2D eigenvalue weighted by Gasteiger charge is -2.37. The predicted octanol–water partition coefficient (Wildman–Crippen LogP) is 4.11. The maximum absolute atomic E-state index is 5.88. The van der Waals surface area contributed by atoms with Gasteiger partial charge >= 0.3 is 0 Å². The third-order valence-corrected chi connectivity index (χ3v) is 4.40. The number of hydrogen-bond acceptors (Lipinski definition) is 3. The largest absolute Gasteiger partial charge is 0.475 e. The van der Waals surface area contributed by atoms with Crippen LogP contribution in [0.3, 0.4) is 0 Å². The molecule has 0 aliphatic heterocycles. The highest BCUT2D eigenvalue weighted by Crippen LogP contribution is 2.35. The van der Waals surface area contributed by atoms with Gasteiger partial charge < -0.3 is 4.74 Å². The minimum absolute atomic E-state index is 0.355. The van der Waals surface area contributed by atoms with Crippen molar-refractivity contribution >= 4 is 28.4 Å². The number of hydrogen-bond donors (Lipinski definition) is 0. The van der Waals surface area contributed by atoms with E-state index in [0.29, 0.717) is 22.3 Å². The Kier molecular flexibility index (Phi) is 5.41. The third kappa shape index (κ3) is 3.95. The Morgan fingerprint density at radius 2 is 2.07 bits per heavy atom. The molecule has 0 radical (unpaired) electrons. The Hall–Kier alpha value is 0.240. The molecule has 0 spiro atoms. The van der Waals surface area contributed by atoms with Crippen molar-refractivity contribution in [1.82, 2.24) is 0 Å². The Morgan fingerprint density at radius 3 is 2.60 bits per heavy atom. The van der Waals surface area contributed by atoms with Crippen molar-refractivity contribution in [2.45, 2.75) is 46.1 Å². The average molecular weight is 246 g/mol. The van der Waals surface area contributed by atoms with Gasteiger partial charge in [0.2, 0.25) is 4.38 Å². The SMILES string of the molecule is CSC(=S)O[C@@H]1C[C@H](C)CC[C@H]1C(C)C. The highest BCUT2D eigenvalue weighted by atomic mass is 32.2. The lowest BCUT2D eigenvalue weighted by molar-refractivity contribution is 0.0428. The van der Waals surface area contributed by atoms with E-state index >= 15 is 0 Å². The van der Waals surface area contributed by atoms with Crippen molar-refractivity contribution in [3.05, 3.63) is 0 Å². The maximum Gasteiger partial charge on any atom is 0.219 e. The summed E-state index contributed by atoms with van der Waals surface area (Å²) in [7, 11) is 0. The highest BCUT2D eigenvalue weighted by molar-refractivity contribution is 8.22. The molecule has 0 heterocycles. The predicted molar refractivity (Wildman–Crippen MR) is 72.3 cm³/mol. The van der Waals surface area contributed by atoms with Crippen LogP contribution in [0.5, 0.6) is 0 Å². The van der Waals surface area contributed by atoms with Crippen LogP contribution in [0.25, 0.3) is 0 Å². The molecular formula is C12H22OS2. The van der Waals surface area contributed by atoms with Gasteiger partial charge in [0.05, 0.1) is 0 Å². The summed E-state index contributed by atoms with van der Waals surface area (Å²) in [5, 5.41) is 0. The van der Waals surface area contributed by atoms with Gasteiger partial charge in [-0.2, -0.15) is 0 Å². The van der Waals surface area contributed by atoms with Crippen molar-refractivity contribution in [1.29, 1.82) is 0 Å². The summed E-state index contributed by atoms with van der Waals surface area (Å²) in [5.74, 6) is 2.17. The Balaban J connectivity index is 2.57. The molecule has 15 heavy (non-hydrogen) atoms. The second-order valence-corrected chi connectivity index (χ2v) is 6.34. The van der Waals surface area contributed by atoms with Crippen molar-refractivity contribution in [2.75, 3.05) is 6.26 Å². The van der Waals surface area contributed by atoms with Crippen LogP contribution in [0.1, 0.15) is 40.0 Å². The minimum atomic E-state index is 0.355. The van der Waals surface area contributed by atoms with Crippen LogP contribution in [-0.2, 0) is 4.74 Å². The van der Waals surface area contributed by atoms with E-state index in [1.165, 1.54) is 19.3 Å². The van der Waals surface area contributed by atoms with Crippen LogP contribution in [-0.4, -0.2) is 16.7 Å². The fourth-order valence-corrected chi connectivity index (χ4v) is 2.77. The molecule has 3 heteroatoms. The molecule has 0 N–H and O–H groups in total. The Bertz CT molecular complexity index is 216. The van der Waals surface area contributed by atoms with Crippen LogP contribution in [0.2, 0.25) is 0 Å². The van der Waals surface area contributed by atoms with E-state index < -0.39 is 0 Å². The molecule has 1 fully saturated rings. The zero-order valence-corrected chi connectivity index (χ0v) is 11.8. The summed E-state index contributed by atoms with van der Waals surface area (Å²) >= 11 is 6.70. The van der Waals surface area contributed by atoms with Crippen molar-refractivity contribution in [2.24, 2.45) is 17.8 Å². The standard InChI is InChI=1S/C12H22OS2/c1-8(2)10-6-5-9(3)7-11(10)13-12(14)15-4/h8-11H,5-7H2,1-4H3/t9-,10+,11-/m1/s1. The molecule has 3 atom stereocenters. The van der Waals surface area contributed by atoms with Crippen LogP contribution >= 0.6 is 24.0 Å². The number of thiocarbonyl (C=S) groups is 1. The Labute approximate surface area is 103 Å². The first-order chi connectivity index (χ1) is 7.04. The molecule has 1 rings (SSSR count). The third-order valence-electron chi connectivity index (χ3n) is 3.38. The zero-order chi connectivity index (χ0) is 11.4. The van der Waals surface area contributed by atoms with Gasteiger partial charge in [-0.15, -0.1) is 0 Å². The van der Waals surface area contributed by atoms with E-state index in [1.54, 1.807) is 11.8 Å². The zero-order valence-electron chi connectivity index (χ0n) is 10.2. The Morgan fingerprint density at radius 1 is 1.40 bits per heavy atom. The van der Waals surface area contributed by atoms with E-state index in [2.05, 4.69) is 20.8 Å².